The third-order valence-corrected chi connectivity index (χ3v) is 4.40. The summed E-state index contributed by atoms with van der Waals surface area (Å²) in [4.78, 5) is 18.0. The van der Waals surface area contributed by atoms with E-state index in [-0.39, 0.29) is 12.8 Å². The molecule has 0 bridgehead atoms. The maximum absolute atomic E-state index is 10.6. The Bertz CT molecular complexity index is 1020. The van der Waals surface area contributed by atoms with E-state index in [0.717, 1.165) is 28.2 Å². The summed E-state index contributed by atoms with van der Waals surface area (Å²) < 4.78 is 5.80. The average Bonchev–Trinajstić information content (AvgIpc) is 3.21. The van der Waals surface area contributed by atoms with Gasteiger partial charge in [0, 0.05) is 29.1 Å². The van der Waals surface area contributed by atoms with Gasteiger partial charge in [-0.3, -0.25) is 5.73 Å². The Kier molecular flexibility index (Phi) is 6.95. The Hall–Kier alpha value is -3.93. The molecule has 0 saturated heterocycles. The molecule has 0 aliphatic carbocycles. The van der Waals surface area contributed by atoms with Crippen molar-refractivity contribution in [2.24, 2.45) is 0 Å². The summed E-state index contributed by atoms with van der Waals surface area (Å²) in [5, 5.41) is 10.6. The van der Waals surface area contributed by atoms with Gasteiger partial charge in [0.15, 0.2) is 11.7 Å². The van der Waals surface area contributed by atoms with Crippen molar-refractivity contribution in [2.45, 2.75) is 19.8 Å². The van der Waals surface area contributed by atoms with Crippen LogP contribution in [0.2, 0.25) is 0 Å². The van der Waals surface area contributed by atoms with E-state index in [1.807, 2.05) is 85.9 Å². The topological polar surface area (TPSA) is 106 Å². The number of carbonyl (C=O) groups excluding carboxylic acids is 1. The number of anilines is 1. The molecule has 6 heteroatoms. The number of hydrogen-bond donors (Lipinski definition) is 1. The lowest BCUT2D eigenvalue weighted by Crippen LogP contribution is -2.22. The number of carbonyl (C=O) groups is 1. The molecule has 0 aliphatic heterocycles. The van der Waals surface area contributed by atoms with Gasteiger partial charge in [0.25, 0.3) is 5.82 Å². The number of rotatable bonds is 5. The summed E-state index contributed by atoms with van der Waals surface area (Å²) in [6.07, 6.45) is 1.92. The minimum Gasteiger partial charge on any atom is -0.550 e. The Balaban J connectivity index is 0.000000269. The van der Waals surface area contributed by atoms with Gasteiger partial charge in [-0.15, -0.1) is 0 Å². The van der Waals surface area contributed by atoms with E-state index in [1.54, 1.807) is 0 Å². The summed E-state index contributed by atoms with van der Waals surface area (Å²) in [5.74, 6) is 0.690. The predicted molar refractivity (Wildman–Crippen MR) is 113 cm³/mol. The van der Waals surface area contributed by atoms with Gasteiger partial charge < -0.3 is 14.3 Å². The van der Waals surface area contributed by atoms with Gasteiger partial charge in [0.2, 0.25) is 0 Å². The monoisotopic (exact) mass is 401 g/mol. The van der Waals surface area contributed by atoms with Crippen LogP contribution in [0, 0.1) is 6.92 Å². The molecule has 2 heterocycles. The fraction of sp³-hybridized carbons (Fsp3) is 0.125. The summed E-state index contributed by atoms with van der Waals surface area (Å²) in [5.41, 5.74) is 9.12. The first-order chi connectivity index (χ1) is 14.5. The molecule has 0 radical (unpaired) electrons. The molecule has 152 valence electrons. The summed E-state index contributed by atoms with van der Waals surface area (Å²) in [6, 6.07) is 23.2. The van der Waals surface area contributed by atoms with E-state index >= 15 is 0 Å². The van der Waals surface area contributed by atoms with Crippen molar-refractivity contribution < 1.29 is 19.3 Å². The molecule has 3 N–H and O–H groups in total. The van der Waals surface area contributed by atoms with Crippen LogP contribution in [0.3, 0.4) is 0 Å². The summed E-state index contributed by atoms with van der Waals surface area (Å²) in [6.45, 7) is 1.96. The molecule has 4 aromatic rings. The highest BCUT2D eigenvalue weighted by Gasteiger charge is 2.16. The van der Waals surface area contributed by atoms with Gasteiger partial charge in [-0.2, -0.15) is 0 Å². The van der Waals surface area contributed by atoms with Crippen molar-refractivity contribution in [3.63, 3.8) is 0 Å². The number of oxazole rings is 1. The minimum atomic E-state index is -1.11. The van der Waals surface area contributed by atoms with Gasteiger partial charge in [-0.05, 0) is 25.5 Å². The average molecular weight is 401 g/mol. The number of aliphatic carboxylic acids is 1. The van der Waals surface area contributed by atoms with Gasteiger partial charge in [0.1, 0.15) is 5.69 Å². The molecule has 0 saturated carbocycles. The zero-order valence-corrected chi connectivity index (χ0v) is 16.7. The van der Waals surface area contributed by atoms with E-state index in [4.69, 9.17) is 10.2 Å². The fourth-order valence-corrected chi connectivity index (χ4v) is 2.79. The Morgan fingerprint density at radius 2 is 1.63 bits per heavy atom. The molecule has 0 unspecified atom stereocenters. The van der Waals surface area contributed by atoms with E-state index in [9.17, 15) is 9.90 Å². The number of aryl methyl sites for hydroxylation is 2. The highest BCUT2D eigenvalue weighted by Crippen LogP contribution is 2.32. The molecule has 0 spiro atoms. The molecule has 0 aliphatic rings. The minimum absolute atomic E-state index is 0.108. The number of carboxylic acid groups (broad SMARTS) is 1. The number of pyridine rings is 1. The molecule has 2 aromatic carbocycles. The van der Waals surface area contributed by atoms with Crippen LogP contribution >= 0.6 is 0 Å². The SMILES string of the molecule is Cc1ccc[nH+]c1N.O=C([O-])CCc1nc(-c2ccccc2)c(-c2ccccc2)o1. The third kappa shape index (κ3) is 5.54. The molecule has 0 fully saturated rings. The van der Waals surface area contributed by atoms with Crippen LogP contribution in [0.4, 0.5) is 5.82 Å². The lowest BCUT2D eigenvalue weighted by Gasteiger charge is -2.00. The number of benzene rings is 2. The Labute approximate surface area is 175 Å². The van der Waals surface area contributed by atoms with Crippen molar-refractivity contribution in [3.05, 3.63) is 90.4 Å². The zero-order valence-electron chi connectivity index (χ0n) is 16.7. The molecule has 0 atom stereocenters. The second kappa shape index (κ2) is 10.0. The largest absolute Gasteiger partial charge is 0.550 e. The number of aromatic amines is 1. The molecular formula is C24H23N3O3. The molecule has 2 aromatic heterocycles. The number of nitrogen functional groups attached to an aromatic ring is 1. The van der Waals surface area contributed by atoms with Gasteiger partial charge in [-0.25, -0.2) is 9.97 Å². The van der Waals surface area contributed by atoms with Crippen LogP contribution in [0.25, 0.3) is 22.6 Å². The Morgan fingerprint density at radius 1 is 1.00 bits per heavy atom. The van der Waals surface area contributed by atoms with Crippen LogP contribution in [0.1, 0.15) is 17.9 Å². The molecule has 0 amide bonds. The highest BCUT2D eigenvalue weighted by molar-refractivity contribution is 5.76. The Morgan fingerprint density at radius 3 is 2.17 bits per heavy atom. The first kappa shape index (κ1) is 20.8. The third-order valence-electron chi connectivity index (χ3n) is 4.40. The lowest BCUT2D eigenvalue weighted by molar-refractivity contribution is -0.360. The second-order valence-electron chi connectivity index (χ2n) is 6.66. The zero-order chi connectivity index (χ0) is 21.3. The smallest absolute Gasteiger partial charge is 0.272 e. The van der Waals surface area contributed by atoms with Crippen LogP contribution in [-0.2, 0) is 11.2 Å². The van der Waals surface area contributed by atoms with Crippen LogP contribution in [-0.4, -0.2) is 11.0 Å². The molecule has 30 heavy (non-hydrogen) atoms. The lowest BCUT2D eigenvalue weighted by atomic mass is 10.1. The van der Waals surface area contributed by atoms with Gasteiger partial charge in [0.05, 0.1) is 6.20 Å². The molecule has 4 rings (SSSR count). The van der Waals surface area contributed by atoms with Crippen molar-refractivity contribution in [1.82, 2.24) is 4.98 Å². The standard InChI is InChI=1S/C18H15NO3.C6H8N2/c20-16(21)12-11-15-19-17(13-7-3-1-4-8-13)18(22-15)14-9-5-2-6-10-14;1-5-3-2-4-8-6(5)7/h1-10H,11-12H2,(H,20,21);2-4H,1H3,(H2,7,8). The van der Waals surface area contributed by atoms with Gasteiger partial charge in [-0.1, -0.05) is 60.7 Å². The van der Waals surface area contributed by atoms with E-state index in [0.29, 0.717) is 11.7 Å². The fourth-order valence-electron chi connectivity index (χ4n) is 2.79. The predicted octanol–water partition coefficient (Wildman–Crippen LogP) is 3.08. The van der Waals surface area contributed by atoms with Gasteiger partial charge >= 0.3 is 0 Å². The quantitative estimate of drug-likeness (QED) is 0.553. The normalized spacial score (nSPS) is 10.2. The van der Waals surface area contributed by atoms with Crippen LogP contribution < -0.4 is 15.8 Å². The van der Waals surface area contributed by atoms with Crippen molar-refractivity contribution >= 4 is 11.8 Å². The van der Waals surface area contributed by atoms with E-state index in [1.165, 1.54) is 0 Å². The second-order valence-corrected chi connectivity index (χ2v) is 6.66. The number of nitrogens with two attached hydrogens (primary N) is 1. The van der Waals surface area contributed by atoms with E-state index < -0.39 is 5.97 Å². The van der Waals surface area contributed by atoms with Crippen molar-refractivity contribution in [2.75, 3.05) is 5.73 Å². The number of carboxylic acids is 1. The first-order valence-corrected chi connectivity index (χ1v) is 9.57. The number of nitrogens with one attached hydrogen (secondary N) is 1. The first-order valence-electron chi connectivity index (χ1n) is 9.57. The summed E-state index contributed by atoms with van der Waals surface area (Å²) >= 11 is 0. The summed E-state index contributed by atoms with van der Waals surface area (Å²) in [7, 11) is 0. The number of H-pyrrole nitrogens is 1. The number of nitrogens with zero attached hydrogens (tertiary/aromatic N) is 1. The highest BCUT2D eigenvalue weighted by atomic mass is 16.4. The number of hydrogen-bond acceptors (Lipinski definition) is 5. The van der Waals surface area contributed by atoms with Crippen LogP contribution in [0.5, 0.6) is 0 Å². The maximum Gasteiger partial charge on any atom is 0.272 e. The molecule has 6 nitrogen and oxygen atoms in total. The molecular weight excluding hydrogens is 378 g/mol. The maximum atomic E-state index is 10.6. The van der Waals surface area contributed by atoms with Crippen molar-refractivity contribution in [1.29, 1.82) is 0 Å². The van der Waals surface area contributed by atoms with E-state index in [2.05, 4.69) is 9.97 Å². The van der Waals surface area contributed by atoms with Crippen LogP contribution in [0.15, 0.2) is 83.4 Å². The van der Waals surface area contributed by atoms with Crippen molar-refractivity contribution in [3.8, 4) is 22.6 Å². The number of aromatic nitrogens is 2.